The molecule has 0 saturated heterocycles. The van der Waals surface area contributed by atoms with Gasteiger partial charge in [0.15, 0.2) is 85.7 Å². The van der Waals surface area contributed by atoms with Gasteiger partial charge in [-0.05, 0) is 65.6 Å². The molecule has 0 N–H and O–H groups in total. The van der Waals surface area contributed by atoms with Gasteiger partial charge in [0.1, 0.15) is 52.7 Å². The minimum Gasteiger partial charge on any atom is -0.363 e. The number of benzene rings is 9. The van der Waals surface area contributed by atoms with Gasteiger partial charge < -0.3 is 4.90 Å². The van der Waals surface area contributed by atoms with Crippen LogP contribution in [0.2, 0.25) is 0 Å². The van der Waals surface area contributed by atoms with E-state index in [1.54, 1.807) is 12.1 Å². The number of carbonyl (C=O) groups excluding carboxylic acids is 1. The van der Waals surface area contributed by atoms with E-state index in [1.165, 1.54) is 11.1 Å². The Hall–Kier alpha value is -9.18. The summed E-state index contributed by atoms with van der Waals surface area (Å²) in [4.78, 5) is 16.3. The molecule has 0 saturated carbocycles. The molecule has 85 heavy (non-hydrogen) atoms. The minimum absolute atomic E-state index is 0.173. The first kappa shape index (κ1) is 61.9. The molecule has 0 aromatic heterocycles. The van der Waals surface area contributed by atoms with Crippen LogP contribution in [0.5, 0.6) is 0 Å². The van der Waals surface area contributed by atoms with Crippen LogP contribution in [0.15, 0.2) is 150 Å². The number of Topliss-reactive ketones (excluding diaryl/α,β-unsaturated/α-hetero) is 1. The van der Waals surface area contributed by atoms with Crippen LogP contribution < -0.4 is 26.8 Å². The van der Waals surface area contributed by atoms with Crippen molar-refractivity contribution in [3.63, 3.8) is 0 Å². The number of ketones is 1. The molecular weight excluding hydrogens is 1190 g/mol. The first-order valence-corrected chi connectivity index (χ1v) is 25.9. The highest BCUT2D eigenvalue weighted by Crippen LogP contribution is 2.32. The van der Waals surface area contributed by atoms with Gasteiger partial charge in [0.05, 0.1) is 0 Å². The van der Waals surface area contributed by atoms with Crippen molar-refractivity contribution in [2.45, 2.75) is 18.0 Å². The van der Waals surface area contributed by atoms with Gasteiger partial charge >= 0.3 is 0 Å². The lowest BCUT2D eigenvalue weighted by molar-refractivity contribution is 0.102. The number of halogens is 20. The van der Waals surface area contributed by atoms with E-state index in [1.807, 2.05) is 109 Å². The van der Waals surface area contributed by atoms with Gasteiger partial charge in [0.2, 0.25) is 15.7 Å². The van der Waals surface area contributed by atoms with Crippen LogP contribution >= 0.6 is 0 Å². The number of carbonyl (C=O) groups is 1. The summed E-state index contributed by atoms with van der Waals surface area (Å²) in [5.74, 6) is -68.7. The van der Waals surface area contributed by atoms with E-state index in [4.69, 9.17) is 0 Å². The lowest BCUT2D eigenvalue weighted by atomic mass is 9.12. The molecule has 1 unspecified atom stereocenters. The van der Waals surface area contributed by atoms with Gasteiger partial charge in [-0.25, -0.2) is 87.8 Å². The number of hydrogen-bond acceptors (Lipinski definition) is 3. The summed E-state index contributed by atoms with van der Waals surface area (Å²) in [5, 5.41) is 2.96. The second-order valence-corrected chi connectivity index (χ2v) is 20.6. The average Bonchev–Trinajstić information content (AvgIpc) is 0.788. The van der Waals surface area contributed by atoms with Gasteiger partial charge in [-0.3, -0.25) is 4.79 Å². The molecule has 9 aromatic rings. The Labute approximate surface area is 468 Å². The Morgan fingerprint density at radius 2 is 0.624 bits per heavy atom. The molecule has 25 heteroatoms. The molecule has 0 heterocycles. The molecule has 0 amide bonds. The molecule has 0 aliphatic heterocycles. The van der Waals surface area contributed by atoms with Crippen molar-refractivity contribution in [1.82, 2.24) is 0 Å². The van der Waals surface area contributed by atoms with Crippen LogP contribution in [0.25, 0.3) is 0 Å². The molecule has 0 aliphatic rings. The van der Waals surface area contributed by atoms with Gasteiger partial charge in [0.25, 0.3) is 0 Å². The van der Waals surface area contributed by atoms with Gasteiger partial charge in [-0.2, -0.15) is 0 Å². The fourth-order valence-corrected chi connectivity index (χ4v) is 11.1. The van der Waals surface area contributed by atoms with Crippen LogP contribution in [0.1, 0.15) is 27.0 Å². The van der Waals surface area contributed by atoms with Crippen molar-refractivity contribution in [3.8, 4) is 11.2 Å². The van der Waals surface area contributed by atoms with Gasteiger partial charge in [-0.15, -0.1) is 21.9 Å². The molecule has 1 atom stereocenters. The van der Waals surface area contributed by atoms with Crippen molar-refractivity contribution in [2.24, 2.45) is 0 Å². The van der Waals surface area contributed by atoms with Crippen molar-refractivity contribution in [1.29, 1.82) is 0 Å². The number of hydrogen-bond donors (Lipinski definition) is 0. The van der Waals surface area contributed by atoms with Gasteiger partial charge in [0, 0.05) is 29.9 Å². The Morgan fingerprint density at radius 3 is 0.929 bits per heavy atom. The number of anilines is 1. The summed E-state index contributed by atoms with van der Waals surface area (Å²) in [5.41, 5.74) is -9.62. The topological polar surface area (TPSA) is 37.4 Å². The lowest BCUT2D eigenvalue weighted by Gasteiger charge is -2.44. The molecule has 436 valence electrons. The predicted molar refractivity (Wildman–Crippen MR) is 274 cm³/mol. The van der Waals surface area contributed by atoms with Crippen molar-refractivity contribution in [2.75, 3.05) is 10.7 Å². The highest BCUT2D eigenvalue weighted by molar-refractivity contribution is 8.07. The maximum absolute atomic E-state index is 15.4. The zero-order valence-electron chi connectivity index (χ0n) is 42.3. The summed E-state index contributed by atoms with van der Waals surface area (Å²) in [6.45, 7) is 1.47. The smallest absolute Gasteiger partial charge is 0.213 e. The summed E-state index contributed by atoms with van der Waals surface area (Å²) >= 11 is 0. The SMILES string of the molecule is Fc1c(F)c(F)c([B-](c2c(F)c(F)c(F)c(F)c2F)(c2c(F)c(F)c(F)c(F)c2F)c2c(F)c(F)c(F)c(F)c2F)c(F)c1F.O=C(C[S+](=O)(C#Cc1ccccc1)c1ccccc1)c1ccc(N(Cc2ccccc2)Cc2ccccc2)cc1. The Kier molecular flexibility index (Phi) is 18.2. The molecule has 9 rings (SSSR count). The largest absolute Gasteiger partial charge is 0.363 e. The maximum atomic E-state index is 15.4. The fourth-order valence-electron chi connectivity index (χ4n) is 9.33. The van der Waals surface area contributed by atoms with Crippen LogP contribution in [-0.4, -0.2) is 17.7 Å². The van der Waals surface area contributed by atoms with Crippen LogP contribution in [0.3, 0.4) is 0 Å². The van der Waals surface area contributed by atoms with E-state index in [9.17, 15) is 61.7 Å². The van der Waals surface area contributed by atoms with E-state index in [0.717, 1.165) is 24.3 Å². The third-order valence-corrected chi connectivity index (χ3v) is 15.4. The maximum Gasteiger partial charge on any atom is 0.213 e. The quantitative estimate of drug-likeness (QED) is 0.0220. The molecule has 3 nitrogen and oxygen atoms in total. The molecule has 9 aromatic carbocycles. The zero-order valence-corrected chi connectivity index (χ0v) is 43.1. The molecular formula is C60H30BF20NO2S. The summed E-state index contributed by atoms with van der Waals surface area (Å²) < 4.78 is 308. The third kappa shape index (κ3) is 11.5. The molecule has 0 fully saturated rings. The fraction of sp³-hybridized carbons (Fsp3) is 0.0500. The Balaban J connectivity index is 0.000000223. The summed E-state index contributed by atoms with van der Waals surface area (Å²) in [6, 6.07) is 46.8. The molecule has 0 aliphatic carbocycles. The van der Waals surface area contributed by atoms with Crippen LogP contribution in [0, 0.1) is 128 Å². The Morgan fingerprint density at radius 1 is 0.353 bits per heavy atom. The van der Waals surface area contributed by atoms with E-state index in [0.29, 0.717) is 10.5 Å². The summed E-state index contributed by atoms with van der Waals surface area (Å²) in [7, 11) is -2.94. The number of nitrogens with zero attached hydrogens (tertiary/aromatic N) is 1. The molecule has 0 radical (unpaired) electrons. The van der Waals surface area contributed by atoms with Crippen LogP contribution in [0.4, 0.5) is 93.5 Å². The molecule has 0 spiro atoms. The van der Waals surface area contributed by atoms with Crippen molar-refractivity contribution in [3.05, 3.63) is 284 Å². The molecule has 0 bridgehead atoms. The Bertz CT molecular complexity index is 3730. The standard InChI is InChI=1S/C36H30NO2S.C24BF20/c38-36(29-40(39,35-19-11-4-12-20-35)26-25-30-13-5-1-6-14-30)33-21-23-34(24-22-33)37(27-31-15-7-2-8-16-31)28-32-17-9-3-10-18-32;26-5-1(6(27)14(35)21(42)13(5)34)25(2-7(28)15(36)22(43)16(37)8(2)29,3-9(30)17(38)23(44)18(39)10(3)31)4-11(32)19(40)24(45)20(41)12(4)33/h1-24H,27-29H2;/q+1;-1. The van der Waals surface area contributed by atoms with E-state index in [2.05, 4.69) is 40.3 Å². The first-order valence-electron chi connectivity index (χ1n) is 24.1. The lowest BCUT2D eigenvalue weighted by Crippen LogP contribution is -2.81. The third-order valence-electron chi connectivity index (χ3n) is 13.3. The van der Waals surface area contributed by atoms with Crippen LogP contribution in [-0.2, 0) is 27.2 Å². The number of rotatable bonds is 13. The highest BCUT2D eigenvalue weighted by Gasteiger charge is 2.52. The average molecular weight is 1220 g/mol. The highest BCUT2D eigenvalue weighted by atomic mass is 32.2. The second kappa shape index (κ2) is 25.0. The van der Waals surface area contributed by atoms with E-state index < -0.39 is 154 Å². The minimum atomic E-state index is -7.22. The summed E-state index contributed by atoms with van der Waals surface area (Å²) in [6.07, 6.45) is -7.22. The van der Waals surface area contributed by atoms with Crippen molar-refractivity contribution >= 4 is 49.4 Å². The zero-order chi connectivity index (χ0) is 62.0. The first-order chi connectivity index (χ1) is 40.3. The van der Waals surface area contributed by atoms with E-state index in [-0.39, 0.29) is 11.5 Å². The predicted octanol–water partition coefficient (Wildman–Crippen LogP) is 13.5. The van der Waals surface area contributed by atoms with Gasteiger partial charge in [-0.1, -0.05) is 101 Å². The van der Waals surface area contributed by atoms with E-state index >= 15 is 35.1 Å². The van der Waals surface area contributed by atoms with Crippen molar-refractivity contribution < 1.29 is 96.8 Å². The second-order valence-electron chi connectivity index (χ2n) is 18.3. The normalized spacial score (nSPS) is 12.0. The monoisotopic (exact) mass is 1220 g/mol.